The predicted octanol–water partition coefficient (Wildman–Crippen LogP) is 2.60. The maximum Gasteiger partial charge on any atom is 0.253 e. The quantitative estimate of drug-likeness (QED) is 0.878. The van der Waals surface area contributed by atoms with Crippen molar-refractivity contribution in [1.29, 1.82) is 0 Å². The van der Waals surface area contributed by atoms with Gasteiger partial charge in [-0.05, 0) is 37.5 Å². The van der Waals surface area contributed by atoms with Crippen LogP contribution in [-0.4, -0.2) is 31.1 Å². The number of rotatable bonds is 5. The molecule has 1 atom stereocenters. The van der Waals surface area contributed by atoms with E-state index in [2.05, 4.69) is 10.6 Å². The normalized spacial score (nSPS) is 17.5. The molecule has 1 saturated heterocycles. The fraction of sp³-hybridized carbons (Fsp3) is 0.467. The summed E-state index contributed by atoms with van der Waals surface area (Å²) in [6.45, 7) is 3.15. The highest BCUT2D eigenvalue weighted by Crippen LogP contribution is 2.23. The molecule has 0 spiro atoms. The minimum atomic E-state index is -0.449. The van der Waals surface area contributed by atoms with Gasteiger partial charge in [0.1, 0.15) is 6.10 Å². The number of halogens is 1. The number of carbonyl (C=O) groups excluding carboxylic acids is 2. The summed E-state index contributed by atoms with van der Waals surface area (Å²) >= 11 is 5.95. The van der Waals surface area contributed by atoms with Gasteiger partial charge in [0.05, 0.1) is 11.3 Å². The maximum atomic E-state index is 12.1. The van der Waals surface area contributed by atoms with E-state index in [1.807, 2.05) is 6.92 Å². The molecular weight excluding hydrogens is 292 g/mol. The van der Waals surface area contributed by atoms with Gasteiger partial charge in [0.25, 0.3) is 11.8 Å². The molecule has 1 aliphatic rings. The molecule has 1 fully saturated rings. The van der Waals surface area contributed by atoms with Crippen LogP contribution >= 0.6 is 11.6 Å². The molecule has 0 aromatic heterocycles. The van der Waals surface area contributed by atoms with Gasteiger partial charge in [0.2, 0.25) is 0 Å². The van der Waals surface area contributed by atoms with Crippen molar-refractivity contribution in [3.8, 4) is 0 Å². The van der Waals surface area contributed by atoms with E-state index < -0.39 is 6.10 Å². The van der Waals surface area contributed by atoms with Gasteiger partial charge in [0.15, 0.2) is 0 Å². The van der Waals surface area contributed by atoms with Crippen LogP contribution in [0.4, 0.5) is 5.69 Å². The molecule has 2 N–H and O–H groups in total. The van der Waals surface area contributed by atoms with Crippen molar-refractivity contribution >= 4 is 29.1 Å². The number of hydrogen-bond donors (Lipinski definition) is 2. The Morgan fingerprint density at radius 3 is 2.90 bits per heavy atom. The maximum absolute atomic E-state index is 12.1. The third-order valence-corrected chi connectivity index (χ3v) is 3.48. The van der Waals surface area contributed by atoms with Crippen LogP contribution in [0.5, 0.6) is 0 Å². The van der Waals surface area contributed by atoms with Gasteiger partial charge < -0.3 is 15.4 Å². The average Bonchev–Trinajstić information content (AvgIpc) is 2.99. The first kappa shape index (κ1) is 15.8. The molecule has 0 bridgehead atoms. The van der Waals surface area contributed by atoms with Crippen LogP contribution in [0, 0.1) is 0 Å². The lowest BCUT2D eigenvalue weighted by Gasteiger charge is -2.14. The fourth-order valence-corrected chi connectivity index (χ4v) is 2.32. The molecular formula is C15H19ClN2O3. The van der Waals surface area contributed by atoms with E-state index in [0.717, 1.165) is 12.8 Å². The summed E-state index contributed by atoms with van der Waals surface area (Å²) in [6.07, 6.45) is 1.97. The Labute approximate surface area is 129 Å². The molecule has 0 radical (unpaired) electrons. The SMILES string of the molecule is CCCNC(=O)c1ccc(Cl)cc1NC(=O)C1CCCO1. The van der Waals surface area contributed by atoms with E-state index in [4.69, 9.17) is 16.3 Å². The number of ether oxygens (including phenoxy) is 1. The Hall–Kier alpha value is -1.59. The molecule has 1 aliphatic heterocycles. The fourth-order valence-electron chi connectivity index (χ4n) is 2.15. The molecule has 2 rings (SSSR count). The molecule has 1 heterocycles. The van der Waals surface area contributed by atoms with Crippen molar-refractivity contribution in [3.05, 3.63) is 28.8 Å². The first-order chi connectivity index (χ1) is 10.1. The lowest BCUT2D eigenvalue weighted by Crippen LogP contribution is -2.29. The smallest absolute Gasteiger partial charge is 0.253 e. The number of hydrogen-bond acceptors (Lipinski definition) is 3. The Morgan fingerprint density at radius 2 is 2.24 bits per heavy atom. The molecule has 5 nitrogen and oxygen atoms in total. The van der Waals surface area contributed by atoms with E-state index in [0.29, 0.717) is 35.8 Å². The second kappa shape index (κ2) is 7.43. The number of anilines is 1. The van der Waals surface area contributed by atoms with Crippen LogP contribution in [-0.2, 0) is 9.53 Å². The average molecular weight is 311 g/mol. The molecule has 1 aromatic carbocycles. The van der Waals surface area contributed by atoms with E-state index in [-0.39, 0.29) is 11.8 Å². The zero-order chi connectivity index (χ0) is 15.2. The van der Waals surface area contributed by atoms with Crippen LogP contribution in [0.25, 0.3) is 0 Å². The van der Waals surface area contributed by atoms with Crippen molar-refractivity contribution in [2.24, 2.45) is 0 Å². The van der Waals surface area contributed by atoms with Crippen LogP contribution in [0.1, 0.15) is 36.5 Å². The lowest BCUT2D eigenvalue weighted by molar-refractivity contribution is -0.124. The van der Waals surface area contributed by atoms with Crippen molar-refractivity contribution in [2.45, 2.75) is 32.3 Å². The lowest BCUT2D eigenvalue weighted by atomic mass is 10.1. The summed E-state index contributed by atoms with van der Waals surface area (Å²) in [5.74, 6) is -0.463. The molecule has 0 saturated carbocycles. The monoisotopic (exact) mass is 310 g/mol. The van der Waals surface area contributed by atoms with E-state index in [9.17, 15) is 9.59 Å². The van der Waals surface area contributed by atoms with Crippen molar-refractivity contribution < 1.29 is 14.3 Å². The van der Waals surface area contributed by atoms with Gasteiger partial charge in [-0.25, -0.2) is 0 Å². The largest absolute Gasteiger partial charge is 0.368 e. The highest BCUT2D eigenvalue weighted by atomic mass is 35.5. The van der Waals surface area contributed by atoms with Crippen LogP contribution in [0.15, 0.2) is 18.2 Å². The molecule has 114 valence electrons. The van der Waals surface area contributed by atoms with Gasteiger partial charge in [-0.15, -0.1) is 0 Å². The minimum absolute atomic E-state index is 0.226. The molecule has 21 heavy (non-hydrogen) atoms. The summed E-state index contributed by atoms with van der Waals surface area (Å²) in [6, 6.07) is 4.82. The zero-order valence-corrected chi connectivity index (χ0v) is 12.7. The summed E-state index contributed by atoms with van der Waals surface area (Å²) < 4.78 is 5.34. The highest BCUT2D eigenvalue weighted by Gasteiger charge is 2.25. The van der Waals surface area contributed by atoms with E-state index >= 15 is 0 Å². The summed E-state index contributed by atoms with van der Waals surface area (Å²) in [5, 5.41) is 5.99. The Balaban J connectivity index is 2.14. The van der Waals surface area contributed by atoms with Crippen LogP contribution in [0.3, 0.4) is 0 Å². The predicted molar refractivity (Wildman–Crippen MR) is 81.7 cm³/mol. The Bertz CT molecular complexity index is 528. The first-order valence-corrected chi connectivity index (χ1v) is 7.50. The van der Waals surface area contributed by atoms with Gasteiger partial charge in [-0.1, -0.05) is 18.5 Å². The van der Waals surface area contributed by atoms with Crippen molar-refractivity contribution in [3.63, 3.8) is 0 Å². The molecule has 2 amide bonds. The molecule has 1 aromatic rings. The van der Waals surface area contributed by atoms with Gasteiger partial charge in [0, 0.05) is 18.2 Å². The topological polar surface area (TPSA) is 67.4 Å². The third-order valence-electron chi connectivity index (χ3n) is 3.24. The first-order valence-electron chi connectivity index (χ1n) is 7.12. The standard InChI is InChI=1S/C15H19ClN2O3/c1-2-7-17-14(19)11-6-5-10(16)9-12(11)18-15(20)13-4-3-8-21-13/h5-6,9,13H,2-4,7-8H2,1H3,(H,17,19)(H,18,20). The zero-order valence-electron chi connectivity index (χ0n) is 11.9. The minimum Gasteiger partial charge on any atom is -0.368 e. The molecule has 6 heteroatoms. The summed E-state index contributed by atoms with van der Waals surface area (Å²) in [4.78, 5) is 24.2. The highest BCUT2D eigenvalue weighted by molar-refractivity contribution is 6.31. The van der Waals surface area contributed by atoms with Gasteiger partial charge >= 0.3 is 0 Å². The van der Waals surface area contributed by atoms with E-state index in [1.165, 1.54) is 0 Å². The van der Waals surface area contributed by atoms with Gasteiger partial charge in [-0.3, -0.25) is 9.59 Å². The summed E-state index contributed by atoms with van der Waals surface area (Å²) in [5.41, 5.74) is 0.816. The number of carbonyl (C=O) groups is 2. The number of nitrogens with one attached hydrogen (secondary N) is 2. The van der Waals surface area contributed by atoms with E-state index in [1.54, 1.807) is 18.2 Å². The second-order valence-electron chi connectivity index (χ2n) is 4.94. The summed E-state index contributed by atoms with van der Waals surface area (Å²) in [7, 11) is 0. The second-order valence-corrected chi connectivity index (χ2v) is 5.37. The van der Waals surface area contributed by atoms with Crippen molar-refractivity contribution in [2.75, 3.05) is 18.5 Å². The van der Waals surface area contributed by atoms with Crippen LogP contribution in [0.2, 0.25) is 5.02 Å². The number of benzene rings is 1. The van der Waals surface area contributed by atoms with Crippen molar-refractivity contribution in [1.82, 2.24) is 5.32 Å². The molecule has 0 aliphatic carbocycles. The third kappa shape index (κ3) is 4.19. The molecule has 1 unspecified atom stereocenters. The number of amides is 2. The Kier molecular flexibility index (Phi) is 5.59. The van der Waals surface area contributed by atoms with Crippen LogP contribution < -0.4 is 10.6 Å². The van der Waals surface area contributed by atoms with Gasteiger partial charge in [-0.2, -0.15) is 0 Å². The Morgan fingerprint density at radius 1 is 1.43 bits per heavy atom.